The molecule has 4 bridgehead atoms. The van der Waals surface area contributed by atoms with Crippen LogP contribution in [0, 0.1) is 17.8 Å². The van der Waals surface area contributed by atoms with Gasteiger partial charge >= 0.3 is 0 Å². The van der Waals surface area contributed by atoms with E-state index in [1.54, 1.807) is 7.11 Å². The fourth-order valence-corrected chi connectivity index (χ4v) is 8.47. The monoisotopic (exact) mass is 612 g/mol. The number of fused-ring (bicyclic) bond motifs is 1. The molecule has 212 valence electrons. The van der Waals surface area contributed by atoms with Gasteiger partial charge in [-0.15, -0.1) is 0 Å². The van der Waals surface area contributed by atoms with Gasteiger partial charge in [-0.3, -0.25) is 4.79 Å². The first-order valence-corrected chi connectivity index (χ1v) is 15.7. The molecule has 5 nitrogen and oxygen atoms in total. The normalized spacial score (nSPS) is 24.5. The van der Waals surface area contributed by atoms with Crippen LogP contribution in [0.2, 0.25) is 0 Å². The molecule has 4 fully saturated rings. The third kappa shape index (κ3) is 5.63. The molecule has 0 atom stereocenters. The predicted molar refractivity (Wildman–Crippen MR) is 165 cm³/mol. The quantitative estimate of drug-likeness (QED) is 0.211. The van der Waals surface area contributed by atoms with Gasteiger partial charge in [0.25, 0.3) is 0 Å². The van der Waals surface area contributed by atoms with Crippen molar-refractivity contribution >= 4 is 32.7 Å². The number of nitrogens with one attached hydrogen (secondary N) is 1. The molecular weight excluding hydrogens is 576 g/mol. The number of carbonyl (C=O) groups excluding carboxylic acids is 1. The van der Waals surface area contributed by atoms with Crippen LogP contribution in [-0.4, -0.2) is 23.1 Å². The zero-order valence-electron chi connectivity index (χ0n) is 23.6. The summed E-state index contributed by atoms with van der Waals surface area (Å²) in [6.45, 7) is 1.19. The summed E-state index contributed by atoms with van der Waals surface area (Å²) in [5, 5.41) is 4.65. The van der Waals surface area contributed by atoms with Gasteiger partial charge in [0.05, 0.1) is 13.5 Å². The standard InChI is InChI=1S/C35H37BrN2O3/c1-40-30-4-2-3-24(14-30)22-41-31-9-10-33-32(16-31)28(21-38(33)20-23-5-7-29(36)8-6-23)15-34(39)37-35-17-25-11-26(18-35)13-27(12-25)19-35/h2-10,14,16,21,25-27H,11-13,15,17-20,22H2,1H3,(H,37,39). The third-order valence-electron chi connectivity index (χ3n) is 9.53. The zero-order chi connectivity index (χ0) is 28.0. The molecule has 3 aromatic carbocycles. The molecule has 0 aliphatic heterocycles. The van der Waals surface area contributed by atoms with E-state index in [4.69, 9.17) is 9.47 Å². The van der Waals surface area contributed by atoms with Gasteiger partial charge in [-0.05, 0) is 115 Å². The van der Waals surface area contributed by atoms with Crippen LogP contribution in [-0.2, 0) is 24.4 Å². The number of methoxy groups -OCH3 is 1. The average Bonchev–Trinajstić information content (AvgIpc) is 3.28. The molecule has 1 amide bonds. The van der Waals surface area contributed by atoms with Crippen molar-refractivity contribution in [2.45, 2.75) is 63.6 Å². The highest BCUT2D eigenvalue weighted by Crippen LogP contribution is 2.55. The Hall–Kier alpha value is -3.25. The van der Waals surface area contributed by atoms with Gasteiger partial charge < -0.3 is 19.4 Å². The minimum absolute atomic E-state index is 0.0205. The van der Waals surface area contributed by atoms with E-state index in [-0.39, 0.29) is 11.4 Å². The molecule has 0 spiro atoms. The molecule has 4 aromatic rings. The Morgan fingerprint density at radius 1 is 0.927 bits per heavy atom. The van der Waals surface area contributed by atoms with Gasteiger partial charge in [0.2, 0.25) is 5.91 Å². The average molecular weight is 614 g/mol. The van der Waals surface area contributed by atoms with Crippen LogP contribution in [0.5, 0.6) is 11.5 Å². The van der Waals surface area contributed by atoms with Crippen molar-refractivity contribution in [3.8, 4) is 11.5 Å². The van der Waals surface area contributed by atoms with Gasteiger partial charge in [-0.25, -0.2) is 0 Å². The van der Waals surface area contributed by atoms with Crippen LogP contribution in [0.25, 0.3) is 10.9 Å². The molecule has 0 radical (unpaired) electrons. The molecule has 1 N–H and O–H groups in total. The Morgan fingerprint density at radius 2 is 1.66 bits per heavy atom. The molecule has 0 saturated heterocycles. The van der Waals surface area contributed by atoms with Crippen molar-refractivity contribution in [2.24, 2.45) is 17.8 Å². The van der Waals surface area contributed by atoms with Crippen LogP contribution in [0.4, 0.5) is 0 Å². The first kappa shape index (κ1) is 26.6. The van der Waals surface area contributed by atoms with Gasteiger partial charge in [0.15, 0.2) is 0 Å². The van der Waals surface area contributed by atoms with Gasteiger partial charge in [-0.1, -0.05) is 40.2 Å². The number of nitrogens with zero attached hydrogens (tertiary/aromatic N) is 1. The minimum Gasteiger partial charge on any atom is -0.497 e. The Bertz CT molecular complexity index is 1540. The van der Waals surface area contributed by atoms with E-state index < -0.39 is 0 Å². The van der Waals surface area contributed by atoms with Crippen LogP contribution in [0.1, 0.15) is 55.2 Å². The lowest BCUT2D eigenvalue weighted by atomic mass is 9.53. The second kappa shape index (κ2) is 10.9. The third-order valence-corrected chi connectivity index (χ3v) is 10.1. The molecule has 4 aliphatic carbocycles. The Morgan fingerprint density at radius 3 is 2.37 bits per heavy atom. The zero-order valence-corrected chi connectivity index (χ0v) is 25.2. The Balaban J connectivity index is 1.15. The van der Waals surface area contributed by atoms with Crippen LogP contribution < -0.4 is 14.8 Å². The van der Waals surface area contributed by atoms with Crippen LogP contribution >= 0.6 is 15.9 Å². The molecule has 0 unspecified atom stereocenters. The second-order valence-corrected chi connectivity index (χ2v) is 13.6. The van der Waals surface area contributed by atoms with Crippen LogP contribution in [0.15, 0.2) is 77.4 Å². The molecule has 1 aromatic heterocycles. The first-order chi connectivity index (χ1) is 19.9. The fourth-order valence-electron chi connectivity index (χ4n) is 8.20. The number of ether oxygens (including phenoxy) is 2. The van der Waals surface area contributed by atoms with Crippen molar-refractivity contribution < 1.29 is 14.3 Å². The highest BCUT2D eigenvalue weighted by molar-refractivity contribution is 9.10. The maximum Gasteiger partial charge on any atom is 0.224 e. The number of hydrogen-bond acceptors (Lipinski definition) is 3. The molecule has 6 heteroatoms. The molecule has 1 heterocycles. The van der Waals surface area contributed by atoms with E-state index in [1.807, 2.05) is 30.3 Å². The largest absolute Gasteiger partial charge is 0.497 e. The number of rotatable bonds is 9. The maximum atomic E-state index is 13.6. The summed E-state index contributed by atoms with van der Waals surface area (Å²) in [6, 6.07) is 22.6. The topological polar surface area (TPSA) is 52.5 Å². The van der Waals surface area contributed by atoms with Gasteiger partial charge in [0, 0.05) is 33.7 Å². The smallest absolute Gasteiger partial charge is 0.224 e. The lowest BCUT2D eigenvalue weighted by Crippen LogP contribution is -2.60. The number of halogens is 1. The summed E-state index contributed by atoms with van der Waals surface area (Å²) in [5.41, 5.74) is 4.44. The summed E-state index contributed by atoms with van der Waals surface area (Å²) in [5.74, 6) is 4.18. The van der Waals surface area contributed by atoms with E-state index in [0.717, 1.165) is 62.3 Å². The highest BCUT2D eigenvalue weighted by Gasteiger charge is 2.51. The van der Waals surface area contributed by atoms with Crippen molar-refractivity contribution in [2.75, 3.05) is 7.11 Å². The summed E-state index contributed by atoms with van der Waals surface area (Å²) in [6.07, 6.45) is 10.2. The Kier molecular flexibility index (Phi) is 7.06. The number of amides is 1. The molecule has 41 heavy (non-hydrogen) atoms. The minimum atomic E-state index is 0.0205. The highest BCUT2D eigenvalue weighted by atomic mass is 79.9. The Labute approximate surface area is 250 Å². The van der Waals surface area contributed by atoms with Crippen molar-refractivity contribution in [3.63, 3.8) is 0 Å². The first-order valence-electron chi connectivity index (χ1n) is 14.9. The lowest BCUT2D eigenvalue weighted by Gasteiger charge is -2.56. The number of aromatic nitrogens is 1. The maximum absolute atomic E-state index is 13.6. The van der Waals surface area contributed by atoms with Crippen LogP contribution in [0.3, 0.4) is 0 Å². The van der Waals surface area contributed by atoms with Crippen molar-refractivity contribution in [3.05, 3.63) is 94.1 Å². The summed E-state index contributed by atoms with van der Waals surface area (Å²) >= 11 is 3.54. The summed E-state index contributed by atoms with van der Waals surface area (Å²) in [4.78, 5) is 13.6. The fraction of sp³-hybridized carbons (Fsp3) is 0.400. The van der Waals surface area contributed by atoms with Gasteiger partial charge in [0.1, 0.15) is 18.1 Å². The molecule has 8 rings (SSSR count). The van der Waals surface area contributed by atoms with E-state index in [1.165, 1.54) is 44.1 Å². The lowest BCUT2D eigenvalue weighted by molar-refractivity contribution is -0.126. The van der Waals surface area contributed by atoms with E-state index in [0.29, 0.717) is 13.0 Å². The number of benzene rings is 3. The number of carbonyl (C=O) groups is 1. The summed E-state index contributed by atoms with van der Waals surface area (Å²) in [7, 11) is 1.67. The second-order valence-electron chi connectivity index (χ2n) is 12.7. The van der Waals surface area contributed by atoms with E-state index in [9.17, 15) is 4.79 Å². The van der Waals surface area contributed by atoms with Crippen molar-refractivity contribution in [1.29, 1.82) is 0 Å². The van der Waals surface area contributed by atoms with Gasteiger partial charge in [-0.2, -0.15) is 0 Å². The SMILES string of the molecule is COc1cccc(COc2ccc3c(c2)c(CC(=O)NC24CC5CC(CC(C5)C2)C4)cn3Cc2ccc(Br)cc2)c1. The summed E-state index contributed by atoms with van der Waals surface area (Å²) < 4.78 is 14.9. The predicted octanol–water partition coefficient (Wildman–Crippen LogP) is 7.67. The molecule has 4 saturated carbocycles. The number of hydrogen-bond donors (Lipinski definition) is 1. The molecule has 4 aliphatic rings. The van der Waals surface area contributed by atoms with Crippen molar-refractivity contribution in [1.82, 2.24) is 9.88 Å². The van der Waals surface area contributed by atoms with E-state index >= 15 is 0 Å². The molecular formula is C35H37BrN2O3. The van der Waals surface area contributed by atoms with E-state index in [2.05, 4.69) is 68.4 Å².